The number of Topliss-reactive ketones (excluding diaryl/α,β-unsaturated/α-hetero) is 1. The van der Waals surface area contributed by atoms with Gasteiger partial charge in [-0.25, -0.2) is 0 Å². The van der Waals surface area contributed by atoms with Gasteiger partial charge in [0.25, 0.3) is 0 Å². The molecule has 31 heavy (non-hydrogen) atoms. The van der Waals surface area contributed by atoms with Gasteiger partial charge in [-0.3, -0.25) is 9.69 Å². The van der Waals surface area contributed by atoms with Crippen molar-refractivity contribution >= 4 is 5.78 Å². The summed E-state index contributed by atoms with van der Waals surface area (Å²) in [7, 11) is 4.88. The van der Waals surface area contributed by atoms with Crippen LogP contribution < -0.4 is 14.2 Å². The minimum atomic E-state index is 0.119. The Bertz CT molecular complexity index is 970. The predicted molar refractivity (Wildman–Crippen MR) is 122 cm³/mol. The second kappa shape index (κ2) is 11.2. The van der Waals surface area contributed by atoms with Crippen LogP contribution in [0.15, 0.2) is 72.8 Å². The molecule has 0 aliphatic heterocycles. The fraction of sp³-hybridized carbons (Fsp3) is 0.269. The summed E-state index contributed by atoms with van der Waals surface area (Å²) < 4.78 is 16.0. The van der Waals surface area contributed by atoms with Gasteiger partial charge in [0, 0.05) is 31.6 Å². The van der Waals surface area contributed by atoms with Gasteiger partial charge in [0.15, 0.2) is 17.3 Å². The highest BCUT2D eigenvalue weighted by Gasteiger charge is 2.13. The lowest BCUT2D eigenvalue weighted by Crippen LogP contribution is -2.25. The van der Waals surface area contributed by atoms with E-state index in [0.717, 1.165) is 17.9 Å². The molecule has 5 nitrogen and oxygen atoms in total. The van der Waals surface area contributed by atoms with Crippen LogP contribution in [0.2, 0.25) is 0 Å². The summed E-state index contributed by atoms with van der Waals surface area (Å²) in [6.45, 7) is 2.10. The predicted octanol–water partition coefficient (Wildman–Crippen LogP) is 4.99. The summed E-state index contributed by atoms with van der Waals surface area (Å²) in [5.74, 6) is 2.27. The van der Waals surface area contributed by atoms with Gasteiger partial charge in [-0.2, -0.15) is 0 Å². The molecule has 0 unspecified atom stereocenters. The lowest BCUT2D eigenvalue weighted by atomic mass is 10.1. The van der Waals surface area contributed by atoms with Crippen molar-refractivity contribution in [3.8, 4) is 17.2 Å². The van der Waals surface area contributed by atoms with Crippen molar-refractivity contribution in [2.45, 2.75) is 19.5 Å². The van der Waals surface area contributed by atoms with Crippen molar-refractivity contribution in [2.24, 2.45) is 0 Å². The Labute approximate surface area is 184 Å². The number of nitrogens with zero attached hydrogens (tertiary/aromatic N) is 1. The zero-order valence-electron chi connectivity index (χ0n) is 18.3. The van der Waals surface area contributed by atoms with Gasteiger partial charge in [-0.05, 0) is 47.5 Å². The van der Waals surface area contributed by atoms with Crippen LogP contribution in [0.5, 0.6) is 17.2 Å². The van der Waals surface area contributed by atoms with Crippen LogP contribution in [0, 0.1) is 0 Å². The third-order valence-corrected chi connectivity index (χ3v) is 5.17. The van der Waals surface area contributed by atoms with Crippen LogP contribution in [0.1, 0.15) is 27.9 Å². The molecule has 0 atom stereocenters. The maximum absolute atomic E-state index is 12.7. The van der Waals surface area contributed by atoms with E-state index in [2.05, 4.69) is 17.0 Å². The van der Waals surface area contributed by atoms with Gasteiger partial charge in [-0.15, -0.1) is 0 Å². The molecule has 0 saturated carbocycles. The van der Waals surface area contributed by atoms with E-state index in [1.54, 1.807) is 21.3 Å². The van der Waals surface area contributed by atoms with Gasteiger partial charge >= 0.3 is 0 Å². The summed E-state index contributed by atoms with van der Waals surface area (Å²) in [6, 6.07) is 23.5. The Morgan fingerprint density at radius 3 is 2.06 bits per heavy atom. The zero-order chi connectivity index (χ0) is 22.1. The fourth-order valence-corrected chi connectivity index (χ4v) is 3.47. The molecule has 0 N–H and O–H groups in total. The highest BCUT2D eigenvalue weighted by molar-refractivity contribution is 5.96. The summed E-state index contributed by atoms with van der Waals surface area (Å²) in [6.07, 6.45) is 0.437. The topological polar surface area (TPSA) is 48.0 Å². The lowest BCUT2D eigenvalue weighted by Gasteiger charge is -2.23. The first-order valence-corrected chi connectivity index (χ1v) is 10.3. The van der Waals surface area contributed by atoms with Gasteiger partial charge in [0.05, 0.1) is 21.3 Å². The van der Waals surface area contributed by atoms with Crippen LogP contribution in [-0.2, 0) is 13.1 Å². The standard InChI is InChI=1S/C26H29NO4/c1-29-23-12-10-22(11-13-23)24(28)15-16-27(18-20-7-5-4-6-8-20)19-21-9-14-25(30-2)26(17-21)31-3/h4-14,17H,15-16,18-19H2,1-3H3. The van der Waals surface area contributed by atoms with Gasteiger partial charge in [0.2, 0.25) is 0 Å². The molecule has 3 rings (SSSR count). The summed E-state index contributed by atoms with van der Waals surface area (Å²) in [4.78, 5) is 15.0. The van der Waals surface area contributed by atoms with Crippen molar-refractivity contribution in [3.05, 3.63) is 89.5 Å². The number of hydrogen-bond donors (Lipinski definition) is 0. The summed E-state index contributed by atoms with van der Waals surface area (Å²) in [5, 5.41) is 0. The van der Waals surface area contributed by atoms with Crippen molar-refractivity contribution in [1.82, 2.24) is 4.90 Å². The molecule has 3 aromatic carbocycles. The van der Waals surface area contributed by atoms with E-state index in [1.165, 1.54) is 5.56 Å². The molecule has 162 valence electrons. The van der Waals surface area contributed by atoms with E-state index in [1.807, 2.05) is 60.7 Å². The lowest BCUT2D eigenvalue weighted by molar-refractivity contribution is 0.0960. The molecule has 3 aromatic rings. The molecular weight excluding hydrogens is 390 g/mol. The Hall–Kier alpha value is -3.31. The van der Waals surface area contributed by atoms with Crippen LogP contribution in [0.3, 0.4) is 0 Å². The third-order valence-electron chi connectivity index (χ3n) is 5.17. The zero-order valence-corrected chi connectivity index (χ0v) is 18.3. The highest BCUT2D eigenvalue weighted by atomic mass is 16.5. The first-order chi connectivity index (χ1) is 15.1. The van der Waals surface area contributed by atoms with Crippen LogP contribution >= 0.6 is 0 Å². The number of carbonyl (C=O) groups excluding carboxylic acids is 1. The Morgan fingerprint density at radius 1 is 0.742 bits per heavy atom. The number of hydrogen-bond acceptors (Lipinski definition) is 5. The van der Waals surface area contributed by atoms with E-state index < -0.39 is 0 Å². The second-order valence-electron chi connectivity index (χ2n) is 7.29. The molecule has 0 aliphatic rings. The molecule has 0 amide bonds. The first kappa shape index (κ1) is 22.4. The number of rotatable bonds is 11. The second-order valence-corrected chi connectivity index (χ2v) is 7.29. The monoisotopic (exact) mass is 419 g/mol. The molecule has 0 aliphatic carbocycles. The normalized spacial score (nSPS) is 10.7. The van der Waals surface area contributed by atoms with E-state index in [0.29, 0.717) is 36.6 Å². The molecule has 0 spiro atoms. The molecule has 0 saturated heterocycles. The van der Waals surface area contributed by atoms with Gasteiger partial charge in [-0.1, -0.05) is 36.4 Å². The van der Waals surface area contributed by atoms with Crippen molar-refractivity contribution < 1.29 is 19.0 Å². The van der Waals surface area contributed by atoms with Crippen LogP contribution in [0.25, 0.3) is 0 Å². The maximum Gasteiger partial charge on any atom is 0.164 e. The third kappa shape index (κ3) is 6.33. The molecule has 0 fully saturated rings. The minimum absolute atomic E-state index is 0.119. The van der Waals surface area contributed by atoms with E-state index in [4.69, 9.17) is 14.2 Å². The molecule has 5 heteroatoms. The average Bonchev–Trinajstić information content (AvgIpc) is 2.83. The number of ether oxygens (including phenoxy) is 3. The molecule has 0 aromatic heterocycles. The smallest absolute Gasteiger partial charge is 0.164 e. The SMILES string of the molecule is COc1ccc(C(=O)CCN(Cc2ccccc2)Cc2ccc(OC)c(OC)c2)cc1. The van der Waals surface area contributed by atoms with Crippen molar-refractivity contribution in [3.63, 3.8) is 0 Å². The fourth-order valence-electron chi connectivity index (χ4n) is 3.47. The minimum Gasteiger partial charge on any atom is -0.497 e. The molecule has 0 bridgehead atoms. The van der Waals surface area contributed by atoms with E-state index >= 15 is 0 Å². The first-order valence-electron chi connectivity index (χ1n) is 10.3. The van der Waals surface area contributed by atoms with Crippen LogP contribution in [-0.4, -0.2) is 38.6 Å². The average molecular weight is 420 g/mol. The van der Waals surface area contributed by atoms with Gasteiger partial charge < -0.3 is 14.2 Å². The largest absolute Gasteiger partial charge is 0.497 e. The Morgan fingerprint density at radius 2 is 1.42 bits per heavy atom. The number of carbonyl (C=O) groups is 1. The van der Waals surface area contributed by atoms with Gasteiger partial charge in [0.1, 0.15) is 5.75 Å². The summed E-state index contributed by atoms with van der Waals surface area (Å²) >= 11 is 0. The van der Waals surface area contributed by atoms with E-state index in [9.17, 15) is 4.79 Å². The van der Waals surface area contributed by atoms with Crippen LogP contribution in [0.4, 0.5) is 0 Å². The maximum atomic E-state index is 12.7. The number of benzene rings is 3. The van der Waals surface area contributed by atoms with Crippen molar-refractivity contribution in [1.29, 1.82) is 0 Å². The molecule has 0 radical (unpaired) electrons. The van der Waals surface area contributed by atoms with E-state index in [-0.39, 0.29) is 5.78 Å². The molecule has 0 heterocycles. The number of methoxy groups -OCH3 is 3. The quantitative estimate of drug-likeness (QED) is 0.410. The molecular formula is C26H29NO4. The Kier molecular flexibility index (Phi) is 8.07. The van der Waals surface area contributed by atoms with Crippen molar-refractivity contribution in [2.75, 3.05) is 27.9 Å². The summed E-state index contributed by atoms with van der Waals surface area (Å²) in [5.41, 5.74) is 3.01. The highest BCUT2D eigenvalue weighted by Crippen LogP contribution is 2.28. The Balaban J connectivity index is 1.72. The number of ketones is 1.